The molecule has 0 aliphatic rings. The molecule has 0 aliphatic heterocycles. The van der Waals surface area contributed by atoms with E-state index < -0.39 is 0 Å². The quantitative estimate of drug-likeness (QED) is 0.785. The van der Waals surface area contributed by atoms with Crippen LogP contribution in [0.25, 0.3) is 11.0 Å². The van der Waals surface area contributed by atoms with E-state index in [4.69, 9.17) is 4.74 Å². The molecule has 4 nitrogen and oxygen atoms in total. The largest absolute Gasteiger partial charge is 0.466 e. The molecule has 1 aromatic carbocycles. The van der Waals surface area contributed by atoms with Crippen molar-refractivity contribution in [3.05, 3.63) is 29.6 Å². The van der Waals surface area contributed by atoms with Crippen LogP contribution in [0.5, 0.6) is 0 Å². The molecule has 0 saturated carbocycles. The highest BCUT2D eigenvalue weighted by Gasteiger charge is 2.16. The monoisotopic (exact) mass is 302 g/mol. The van der Waals surface area contributed by atoms with Crippen LogP contribution in [0.3, 0.4) is 0 Å². The van der Waals surface area contributed by atoms with Gasteiger partial charge in [0.2, 0.25) is 0 Å². The average Bonchev–Trinajstić information content (AvgIpc) is 2.73. The fraction of sp³-hybridized carbons (Fsp3) is 0.556. The fourth-order valence-electron chi connectivity index (χ4n) is 2.61. The minimum Gasteiger partial charge on any atom is -0.466 e. The van der Waals surface area contributed by atoms with Crippen molar-refractivity contribution in [2.45, 2.75) is 59.4 Å². The van der Waals surface area contributed by atoms with E-state index in [1.807, 2.05) is 13.8 Å². The molecule has 0 spiro atoms. The molecule has 0 aliphatic carbocycles. The van der Waals surface area contributed by atoms with Crippen molar-refractivity contribution in [1.29, 1.82) is 0 Å². The van der Waals surface area contributed by atoms with Crippen LogP contribution in [-0.2, 0) is 21.5 Å². The Bertz CT molecular complexity index is 666. The van der Waals surface area contributed by atoms with Gasteiger partial charge in [-0.1, -0.05) is 26.8 Å². The molecule has 120 valence electrons. The zero-order valence-electron chi connectivity index (χ0n) is 14.3. The third kappa shape index (κ3) is 3.67. The number of hydrogen-bond acceptors (Lipinski definition) is 3. The van der Waals surface area contributed by atoms with Gasteiger partial charge in [-0.2, -0.15) is 0 Å². The van der Waals surface area contributed by atoms with Crippen molar-refractivity contribution >= 4 is 17.0 Å². The molecule has 0 amide bonds. The Kier molecular flexibility index (Phi) is 4.89. The zero-order chi connectivity index (χ0) is 16.3. The van der Waals surface area contributed by atoms with Gasteiger partial charge in [0.15, 0.2) is 0 Å². The zero-order valence-corrected chi connectivity index (χ0v) is 14.3. The Morgan fingerprint density at radius 2 is 2.05 bits per heavy atom. The molecule has 4 heteroatoms. The van der Waals surface area contributed by atoms with Crippen LogP contribution in [0.4, 0.5) is 0 Å². The Labute approximate surface area is 132 Å². The highest BCUT2D eigenvalue weighted by atomic mass is 16.5. The number of imidazole rings is 1. The molecule has 0 unspecified atom stereocenters. The Hall–Kier alpha value is -1.84. The maximum Gasteiger partial charge on any atom is 0.305 e. The first-order chi connectivity index (χ1) is 10.3. The maximum atomic E-state index is 11.4. The van der Waals surface area contributed by atoms with Crippen molar-refractivity contribution in [2.24, 2.45) is 0 Å². The van der Waals surface area contributed by atoms with Gasteiger partial charge in [-0.15, -0.1) is 0 Å². The average molecular weight is 302 g/mol. The van der Waals surface area contributed by atoms with Gasteiger partial charge < -0.3 is 9.30 Å². The second-order valence-corrected chi connectivity index (χ2v) is 6.67. The van der Waals surface area contributed by atoms with Crippen LogP contribution in [0, 0.1) is 6.92 Å². The van der Waals surface area contributed by atoms with E-state index in [2.05, 4.69) is 48.5 Å². The number of carbonyl (C=O) groups is 1. The number of esters is 1. The van der Waals surface area contributed by atoms with Crippen LogP contribution >= 0.6 is 0 Å². The summed E-state index contributed by atoms with van der Waals surface area (Å²) in [5.41, 5.74) is 3.57. The van der Waals surface area contributed by atoms with Crippen LogP contribution < -0.4 is 0 Å². The Balaban J connectivity index is 2.17. The molecule has 0 atom stereocenters. The van der Waals surface area contributed by atoms with E-state index in [9.17, 15) is 4.79 Å². The van der Waals surface area contributed by atoms with E-state index in [-0.39, 0.29) is 11.4 Å². The summed E-state index contributed by atoms with van der Waals surface area (Å²) in [7, 11) is 0. The van der Waals surface area contributed by atoms with Crippen LogP contribution in [0.2, 0.25) is 0 Å². The lowest BCUT2D eigenvalue weighted by Crippen LogP contribution is -2.10. The normalized spacial score (nSPS) is 11.9. The summed E-state index contributed by atoms with van der Waals surface area (Å²) in [5.74, 6) is 0.865. The van der Waals surface area contributed by atoms with Crippen molar-refractivity contribution in [2.75, 3.05) is 6.61 Å². The van der Waals surface area contributed by atoms with Crippen LogP contribution in [-0.4, -0.2) is 22.1 Å². The molecule has 2 rings (SSSR count). The summed E-state index contributed by atoms with van der Waals surface area (Å²) in [6.07, 6.45) is 1.22. The van der Waals surface area contributed by atoms with Gasteiger partial charge in [0, 0.05) is 13.0 Å². The second kappa shape index (κ2) is 6.51. The molecule has 22 heavy (non-hydrogen) atoms. The fourth-order valence-corrected chi connectivity index (χ4v) is 2.61. The minimum atomic E-state index is -0.125. The number of carbonyl (C=O) groups excluding carboxylic acids is 1. The van der Waals surface area contributed by atoms with Crippen LogP contribution in [0.15, 0.2) is 18.2 Å². The number of ether oxygens (including phenoxy) is 1. The molecule has 2 aromatic rings. The molecule has 0 saturated heterocycles. The number of aryl methyl sites for hydroxylation is 2. The lowest BCUT2D eigenvalue weighted by molar-refractivity contribution is -0.143. The summed E-state index contributed by atoms with van der Waals surface area (Å²) >= 11 is 0. The lowest BCUT2D eigenvalue weighted by Gasteiger charge is -2.18. The summed E-state index contributed by atoms with van der Waals surface area (Å²) in [6.45, 7) is 11.7. The van der Waals surface area contributed by atoms with E-state index in [0.717, 1.165) is 29.8 Å². The van der Waals surface area contributed by atoms with Crippen molar-refractivity contribution in [3.8, 4) is 0 Å². The van der Waals surface area contributed by atoms with E-state index in [0.29, 0.717) is 13.0 Å². The first kappa shape index (κ1) is 16.5. The number of rotatable bonds is 5. The number of aromatic nitrogens is 2. The van der Waals surface area contributed by atoms with Gasteiger partial charge in [-0.25, -0.2) is 4.98 Å². The van der Waals surface area contributed by atoms with Crippen molar-refractivity contribution < 1.29 is 9.53 Å². The molecule has 1 aromatic heterocycles. The van der Waals surface area contributed by atoms with Gasteiger partial charge in [0.25, 0.3) is 0 Å². The van der Waals surface area contributed by atoms with E-state index >= 15 is 0 Å². The van der Waals surface area contributed by atoms with Gasteiger partial charge >= 0.3 is 5.97 Å². The summed E-state index contributed by atoms with van der Waals surface area (Å²) in [5, 5.41) is 0. The number of hydrogen-bond donors (Lipinski definition) is 0. The predicted octanol–water partition coefficient (Wildman–Crippen LogP) is 3.99. The first-order valence-electron chi connectivity index (χ1n) is 7.96. The van der Waals surface area contributed by atoms with Gasteiger partial charge in [0.05, 0.1) is 17.6 Å². The smallest absolute Gasteiger partial charge is 0.305 e. The third-order valence-electron chi connectivity index (χ3n) is 3.87. The topological polar surface area (TPSA) is 44.1 Å². The SMILES string of the molecule is CCOC(=O)CCCn1c(C)nc2cc(C(C)(C)C)ccc21. The standard InChI is InChI=1S/C18H26N2O2/c1-6-22-17(21)8-7-11-20-13(2)19-15-12-14(18(3,4)5)9-10-16(15)20/h9-10,12H,6-8,11H2,1-5H3. The molecule has 0 bridgehead atoms. The maximum absolute atomic E-state index is 11.4. The second-order valence-electron chi connectivity index (χ2n) is 6.67. The highest BCUT2D eigenvalue weighted by Crippen LogP contribution is 2.26. The van der Waals surface area contributed by atoms with E-state index in [1.165, 1.54) is 5.56 Å². The van der Waals surface area contributed by atoms with Crippen molar-refractivity contribution in [1.82, 2.24) is 9.55 Å². The molecule has 0 fully saturated rings. The molecule has 0 radical (unpaired) electrons. The van der Waals surface area contributed by atoms with Crippen molar-refractivity contribution in [3.63, 3.8) is 0 Å². The number of nitrogens with zero attached hydrogens (tertiary/aromatic N) is 2. The molecule has 1 heterocycles. The summed E-state index contributed by atoms with van der Waals surface area (Å²) in [4.78, 5) is 16.1. The van der Waals surface area contributed by atoms with E-state index in [1.54, 1.807) is 0 Å². The summed E-state index contributed by atoms with van der Waals surface area (Å²) in [6, 6.07) is 6.48. The van der Waals surface area contributed by atoms with Gasteiger partial charge in [-0.05, 0) is 43.4 Å². The van der Waals surface area contributed by atoms with Gasteiger partial charge in [0.1, 0.15) is 5.82 Å². The Morgan fingerprint density at radius 3 is 2.68 bits per heavy atom. The molecule has 0 N–H and O–H groups in total. The highest BCUT2D eigenvalue weighted by molar-refractivity contribution is 5.77. The number of benzene rings is 1. The third-order valence-corrected chi connectivity index (χ3v) is 3.87. The van der Waals surface area contributed by atoms with Gasteiger partial charge in [-0.3, -0.25) is 4.79 Å². The Morgan fingerprint density at radius 1 is 1.32 bits per heavy atom. The predicted molar refractivity (Wildman–Crippen MR) is 89.0 cm³/mol. The first-order valence-corrected chi connectivity index (χ1v) is 7.96. The number of fused-ring (bicyclic) bond motifs is 1. The lowest BCUT2D eigenvalue weighted by atomic mass is 9.87. The molecular weight excluding hydrogens is 276 g/mol. The minimum absolute atomic E-state index is 0.121. The van der Waals surface area contributed by atoms with Crippen LogP contribution in [0.1, 0.15) is 51.9 Å². The molecular formula is C18H26N2O2. The summed E-state index contributed by atoms with van der Waals surface area (Å²) < 4.78 is 7.15.